The molecule has 9 heteroatoms. The first-order chi connectivity index (χ1) is 11.6. The van der Waals surface area contributed by atoms with Crippen molar-refractivity contribution in [2.24, 2.45) is 0 Å². The summed E-state index contributed by atoms with van der Waals surface area (Å²) in [6.45, 7) is 3.84. The standard InChI is InChI=1S/C16H18BrN3O5/c1-9-6-10(17)4-5-11(9)18-12(21)8-25-13(22)7-20-14(23)16(2,3)19-15(20)24/h4-6H,7-8H2,1-3H3,(H,18,21)(H,19,24). The Kier molecular flexibility index (Phi) is 5.46. The summed E-state index contributed by atoms with van der Waals surface area (Å²) in [5.41, 5.74) is 0.379. The SMILES string of the molecule is Cc1cc(Br)ccc1NC(=O)COC(=O)CN1C(=O)NC(C)(C)C1=O. The number of halogens is 1. The van der Waals surface area contributed by atoms with Crippen LogP contribution in [0.2, 0.25) is 0 Å². The Morgan fingerprint density at radius 3 is 2.56 bits per heavy atom. The van der Waals surface area contributed by atoms with Crippen molar-refractivity contribution in [3.63, 3.8) is 0 Å². The first-order valence-corrected chi connectivity index (χ1v) is 8.25. The van der Waals surface area contributed by atoms with Gasteiger partial charge in [0.05, 0.1) is 0 Å². The number of carbonyl (C=O) groups excluding carboxylic acids is 4. The number of esters is 1. The molecule has 0 radical (unpaired) electrons. The zero-order valence-corrected chi connectivity index (χ0v) is 15.6. The van der Waals surface area contributed by atoms with E-state index in [0.717, 1.165) is 14.9 Å². The van der Waals surface area contributed by atoms with Gasteiger partial charge in [-0.1, -0.05) is 15.9 Å². The molecule has 1 saturated heterocycles. The van der Waals surface area contributed by atoms with Gasteiger partial charge in [-0.25, -0.2) is 4.79 Å². The molecule has 1 aliphatic rings. The van der Waals surface area contributed by atoms with Crippen LogP contribution >= 0.6 is 15.9 Å². The Bertz CT molecular complexity index is 747. The second-order valence-electron chi connectivity index (χ2n) is 6.11. The van der Waals surface area contributed by atoms with Crippen LogP contribution in [0.25, 0.3) is 0 Å². The number of hydrogen-bond donors (Lipinski definition) is 2. The number of urea groups is 1. The van der Waals surface area contributed by atoms with Crippen LogP contribution in [0.1, 0.15) is 19.4 Å². The molecule has 1 fully saturated rings. The lowest BCUT2D eigenvalue weighted by molar-refractivity contribution is -0.150. The molecule has 2 rings (SSSR count). The van der Waals surface area contributed by atoms with Crippen molar-refractivity contribution < 1.29 is 23.9 Å². The van der Waals surface area contributed by atoms with Crippen molar-refractivity contribution in [1.29, 1.82) is 0 Å². The van der Waals surface area contributed by atoms with E-state index in [4.69, 9.17) is 4.74 Å². The van der Waals surface area contributed by atoms with Gasteiger partial charge in [0.2, 0.25) is 0 Å². The summed E-state index contributed by atoms with van der Waals surface area (Å²) in [6, 6.07) is 4.66. The topological polar surface area (TPSA) is 105 Å². The molecule has 0 saturated carbocycles. The van der Waals surface area contributed by atoms with Crippen molar-refractivity contribution in [2.45, 2.75) is 26.3 Å². The van der Waals surface area contributed by atoms with E-state index in [0.29, 0.717) is 5.69 Å². The number of nitrogens with one attached hydrogen (secondary N) is 2. The third-order valence-electron chi connectivity index (χ3n) is 3.56. The molecule has 0 aromatic heterocycles. The molecule has 2 N–H and O–H groups in total. The van der Waals surface area contributed by atoms with E-state index in [2.05, 4.69) is 26.6 Å². The summed E-state index contributed by atoms with van der Waals surface area (Å²) in [5.74, 6) is -1.88. The number of hydrogen-bond acceptors (Lipinski definition) is 5. The van der Waals surface area contributed by atoms with Crippen LogP contribution < -0.4 is 10.6 Å². The van der Waals surface area contributed by atoms with Crippen LogP contribution in [0, 0.1) is 6.92 Å². The van der Waals surface area contributed by atoms with Crippen LogP contribution in [0.4, 0.5) is 10.5 Å². The smallest absolute Gasteiger partial charge is 0.326 e. The number of aryl methyl sites for hydroxylation is 1. The molecule has 134 valence electrons. The van der Waals surface area contributed by atoms with Crippen LogP contribution in [-0.2, 0) is 19.1 Å². The van der Waals surface area contributed by atoms with Crippen molar-refractivity contribution in [3.8, 4) is 0 Å². The quantitative estimate of drug-likeness (QED) is 0.565. The van der Waals surface area contributed by atoms with Crippen molar-refractivity contribution in [1.82, 2.24) is 10.2 Å². The molecule has 0 unspecified atom stereocenters. The molecule has 1 aromatic carbocycles. The number of rotatable bonds is 5. The van der Waals surface area contributed by atoms with Gasteiger partial charge in [0.25, 0.3) is 11.8 Å². The summed E-state index contributed by atoms with van der Waals surface area (Å²) in [7, 11) is 0. The third-order valence-corrected chi connectivity index (χ3v) is 4.05. The molecule has 0 aliphatic carbocycles. The van der Waals surface area contributed by atoms with Crippen LogP contribution in [-0.4, -0.2) is 47.4 Å². The largest absolute Gasteiger partial charge is 0.454 e. The van der Waals surface area contributed by atoms with Crippen molar-refractivity contribution in [3.05, 3.63) is 28.2 Å². The van der Waals surface area contributed by atoms with Crippen LogP contribution in [0.3, 0.4) is 0 Å². The number of anilines is 1. The maximum absolute atomic E-state index is 12.0. The van der Waals surface area contributed by atoms with Gasteiger partial charge in [0.1, 0.15) is 12.1 Å². The third kappa shape index (κ3) is 4.56. The Hall–Kier alpha value is -2.42. The highest BCUT2D eigenvalue weighted by molar-refractivity contribution is 9.10. The van der Waals surface area contributed by atoms with E-state index in [9.17, 15) is 19.2 Å². The highest BCUT2D eigenvalue weighted by Crippen LogP contribution is 2.20. The Balaban J connectivity index is 1.85. The lowest BCUT2D eigenvalue weighted by Gasteiger charge is -2.15. The molecule has 0 atom stereocenters. The van der Waals surface area contributed by atoms with Crippen molar-refractivity contribution >= 4 is 45.4 Å². The fourth-order valence-corrected chi connectivity index (χ4v) is 2.71. The summed E-state index contributed by atoms with van der Waals surface area (Å²) in [6.07, 6.45) is 0. The minimum absolute atomic E-state index is 0.513. The summed E-state index contributed by atoms with van der Waals surface area (Å²) in [4.78, 5) is 48.1. The van der Waals surface area contributed by atoms with Gasteiger partial charge in [-0.2, -0.15) is 0 Å². The molecule has 25 heavy (non-hydrogen) atoms. The average molecular weight is 412 g/mol. The number of amides is 4. The van der Waals surface area contributed by atoms with Gasteiger partial charge >= 0.3 is 12.0 Å². The normalized spacial score (nSPS) is 15.8. The Labute approximate surface area is 153 Å². The predicted molar refractivity (Wildman–Crippen MR) is 92.8 cm³/mol. The number of imide groups is 1. The summed E-state index contributed by atoms with van der Waals surface area (Å²) < 4.78 is 5.71. The maximum atomic E-state index is 12.0. The van der Waals surface area contributed by atoms with E-state index < -0.39 is 42.5 Å². The van der Waals surface area contributed by atoms with Gasteiger partial charge in [0, 0.05) is 10.2 Å². The lowest BCUT2D eigenvalue weighted by Crippen LogP contribution is -2.41. The maximum Gasteiger partial charge on any atom is 0.326 e. The van der Waals surface area contributed by atoms with Crippen LogP contribution in [0.5, 0.6) is 0 Å². The molecular weight excluding hydrogens is 394 g/mol. The summed E-state index contributed by atoms with van der Waals surface area (Å²) in [5, 5.41) is 5.07. The second-order valence-corrected chi connectivity index (χ2v) is 7.03. The molecule has 8 nitrogen and oxygen atoms in total. The fraction of sp³-hybridized carbons (Fsp3) is 0.375. The lowest BCUT2D eigenvalue weighted by atomic mass is 10.1. The first-order valence-electron chi connectivity index (χ1n) is 7.46. The van der Waals surface area contributed by atoms with Gasteiger partial charge in [-0.15, -0.1) is 0 Å². The minimum atomic E-state index is -1.06. The molecule has 1 aromatic rings. The number of carbonyl (C=O) groups is 4. The van der Waals surface area contributed by atoms with E-state index in [1.54, 1.807) is 12.1 Å². The summed E-state index contributed by atoms with van der Waals surface area (Å²) >= 11 is 3.32. The van der Waals surface area contributed by atoms with E-state index in [1.807, 2.05) is 13.0 Å². The van der Waals surface area contributed by atoms with Gasteiger partial charge in [-0.05, 0) is 44.5 Å². The van der Waals surface area contributed by atoms with Crippen LogP contribution in [0.15, 0.2) is 22.7 Å². The van der Waals surface area contributed by atoms with Gasteiger partial charge < -0.3 is 15.4 Å². The Morgan fingerprint density at radius 2 is 2.00 bits per heavy atom. The minimum Gasteiger partial charge on any atom is -0.454 e. The van der Waals surface area contributed by atoms with Gasteiger partial charge in [0.15, 0.2) is 6.61 Å². The Morgan fingerprint density at radius 1 is 1.32 bits per heavy atom. The molecular formula is C16H18BrN3O5. The van der Waals surface area contributed by atoms with Crippen molar-refractivity contribution in [2.75, 3.05) is 18.5 Å². The van der Waals surface area contributed by atoms with E-state index >= 15 is 0 Å². The molecule has 1 heterocycles. The number of benzene rings is 1. The number of nitrogens with zero attached hydrogens (tertiary/aromatic N) is 1. The average Bonchev–Trinajstić information content (AvgIpc) is 2.70. The molecule has 0 bridgehead atoms. The first kappa shape index (κ1) is 18.9. The highest BCUT2D eigenvalue weighted by Gasteiger charge is 2.45. The fourth-order valence-electron chi connectivity index (χ4n) is 2.24. The van der Waals surface area contributed by atoms with E-state index in [-0.39, 0.29) is 0 Å². The molecule has 4 amide bonds. The monoisotopic (exact) mass is 411 g/mol. The highest BCUT2D eigenvalue weighted by atomic mass is 79.9. The zero-order valence-electron chi connectivity index (χ0n) is 14.0. The number of ether oxygens (including phenoxy) is 1. The predicted octanol–water partition coefficient (Wildman–Crippen LogP) is 1.57. The molecule has 0 spiro atoms. The molecule has 1 aliphatic heterocycles. The zero-order chi connectivity index (χ0) is 18.8. The second kappa shape index (κ2) is 7.22. The van der Waals surface area contributed by atoms with Gasteiger partial charge in [-0.3, -0.25) is 19.3 Å². The van der Waals surface area contributed by atoms with E-state index in [1.165, 1.54) is 13.8 Å².